The van der Waals surface area contributed by atoms with Crippen molar-refractivity contribution >= 4 is 23.2 Å². The number of aryl methyl sites for hydroxylation is 2. The fraction of sp³-hybridized carbons (Fsp3) is 0.368. The summed E-state index contributed by atoms with van der Waals surface area (Å²) >= 11 is 1.55. The lowest BCUT2D eigenvalue weighted by molar-refractivity contribution is -0.143. The lowest BCUT2D eigenvalue weighted by atomic mass is 9.91. The number of thiophene rings is 1. The molecule has 1 atom stereocenters. The van der Waals surface area contributed by atoms with E-state index in [1.807, 2.05) is 12.1 Å². The maximum absolute atomic E-state index is 12.8. The van der Waals surface area contributed by atoms with Crippen LogP contribution in [0.15, 0.2) is 30.3 Å². The monoisotopic (exact) mass is 341 g/mol. The first kappa shape index (κ1) is 15.4. The summed E-state index contributed by atoms with van der Waals surface area (Å²) in [6.07, 6.45) is 3.40. The summed E-state index contributed by atoms with van der Waals surface area (Å²) in [7, 11) is 0. The summed E-state index contributed by atoms with van der Waals surface area (Å²) < 4.78 is 0. The van der Waals surface area contributed by atoms with E-state index < -0.39 is 11.9 Å². The first-order valence-corrected chi connectivity index (χ1v) is 9.18. The number of benzene rings is 1. The van der Waals surface area contributed by atoms with Gasteiger partial charge in [-0.05, 0) is 48.4 Å². The molecule has 2 heterocycles. The second-order valence-corrected chi connectivity index (χ2v) is 7.60. The van der Waals surface area contributed by atoms with Crippen LogP contribution in [0, 0.1) is 5.92 Å². The van der Waals surface area contributed by atoms with Gasteiger partial charge in [-0.3, -0.25) is 9.59 Å². The Morgan fingerprint density at radius 1 is 1.17 bits per heavy atom. The number of carbonyl (C=O) groups is 2. The minimum absolute atomic E-state index is 0.0159. The van der Waals surface area contributed by atoms with Crippen molar-refractivity contribution in [2.24, 2.45) is 5.92 Å². The van der Waals surface area contributed by atoms with E-state index in [0.29, 0.717) is 19.5 Å². The number of likely N-dealkylation sites (tertiary alicyclic amines) is 1. The fourth-order valence-electron chi connectivity index (χ4n) is 3.70. The first-order valence-electron chi connectivity index (χ1n) is 8.36. The minimum atomic E-state index is -0.799. The number of carbonyl (C=O) groups excluding carboxylic acids is 1. The minimum Gasteiger partial charge on any atom is -0.481 e. The van der Waals surface area contributed by atoms with Gasteiger partial charge >= 0.3 is 5.97 Å². The van der Waals surface area contributed by atoms with Crippen molar-refractivity contribution in [3.63, 3.8) is 0 Å². The van der Waals surface area contributed by atoms with Gasteiger partial charge in [0.15, 0.2) is 0 Å². The van der Waals surface area contributed by atoms with Gasteiger partial charge in [-0.2, -0.15) is 0 Å². The van der Waals surface area contributed by atoms with Crippen LogP contribution in [0.2, 0.25) is 0 Å². The quantitative estimate of drug-likeness (QED) is 0.910. The van der Waals surface area contributed by atoms with Crippen LogP contribution in [0.5, 0.6) is 0 Å². The summed E-state index contributed by atoms with van der Waals surface area (Å²) in [4.78, 5) is 27.7. The molecular formula is C19H19NO3S. The Balaban J connectivity index is 1.61. The molecule has 2 aromatic rings. The predicted molar refractivity (Wildman–Crippen MR) is 93.4 cm³/mol. The van der Waals surface area contributed by atoms with Gasteiger partial charge in [0.2, 0.25) is 0 Å². The van der Waals surface area contributed by atoms with Crippen molar-refractivity contribution in [3.05, 3.63) is 46.3 Å². The molecule has 24 heavy (non-hydrogen) atoms. The van der Waals surface area contributed by atoms with Crippen LogP contribution >= 0.6 is 11.3 Å². The Hall–Kier alpha value is -2.14. The number of aliphatic carboxylic acids is 1. The van der Waals surface area contributed by atoms with Gasteiger partial charge in [0.05, 0.1) is 10.8 Å². The number of carboxylic acid groups (broad SMARTS) is 1. The van der Waals surface area contributed by atoms with E-state index in [-0.39, 0.29) is 5.91 Å². The van der Waals surface area contributed by atoms with Gasteiger partial charge < -0.3 is 10.0 Å². The van der Waals surface area contributed by atoms with Gasteiger partial charge in [-0.25, -0.2) is 0 Å². The molecule has 0 spiro atoms. The van der Waals surface area contributed by atoms with Crippen molar-refractivity contribution in [1.29, 1.82) is 0 Å². The molecule has 124 valence electrons. The lowest BCUT2D eigenvalue weighted by Crippen LogP contribution is -2.42. The number of rotatable bonds is 2. The largest absolute Gasteiger partial charge is 0.481 e. The van der Waals surface area contributed by atoms with E-state index in [9.17, 15) is 14.7 Å². The number of nitrogens with zero attached hydrogens (tertiary/aromatic N) is 1. The van der Waals surface area contributed by atoms with Gasteiger partial charge in [0.1, 0.15) is 0 Å². The van der Waals surface area contributed by atoms with Crippen LogP contribution in [-0.2, 0) is 17.6 Å². The van der Waals surface area contributed by atoms with Crippen LogP contribution in [-0.4, -0.2) is 35.0 Å². The summed E-state index contributed by atoms with van der Waals surface area (Å²) in [6.45, 7) is 0.981. The SMILES string of the molecule is O=C(O)[C@H]1CCCN(C(=O)c2cc3c(s2)-c2ccccc2CC3)C1. The second kappa shape index (κ2) is 6.06. The molecule has 0 unspecified atom stereocenters. The zero-order valence-corrected chi connectivity index (χ0v) is 14.1. The van der Waals surface area contributed by atoms with E-state index in [1.165, 1.54) is 21.6 Å². The highest BCUT2D eigenvalue weighted by molar-refractivity contribution is 7.17. The topological polar surface area (TPSA) is 57.6 Å². The fourth-order valence-corrected chi connectivity index (χ4v) is 4.93. The molecule has 0 radical (unpaired) electrons. The number of carboxylic acids is 1. The van der Waals surface area contributed by atoms with Crippen LogP contribution in [0.3, 0.4) is 0 Å². The number of amides is 1. The number of hydrogen-bond acceptors (Lipinski definition) is 3. The normalized spacial score (nSPS) is 19.5. The van der Waals surface area contributed by atoms with E-state index in [1.54, 1.807) is 16.2 Å². The van der Waals surface area contributed by atoms with Crippen LogP contribution in [0.25, 0.3) is 10.4 Å². The Morgan fingerprint density at radius 2 is 1.96 bits per heavy atom. The predicted octanol–water partition coefficient (Wildman–Crippen LogP) is 3.45. The number of piperidine rings is 1. The molecule has 0 bridgehead atoms. The first-order chi connectivity index (χ1) is 11.6. The summed E-state index contributed by atoms with van der Waals surface area (Å²) in [5.41, 5.74) is 3.83. The number of fused-ring (bicyclic) bond motifs is 3. The van der Waals surface area contributed by atoms with Crippen molar-refractivity contribution in [2.75, 3.05) is 13.1 Å². The molecule has 2 aliphatic rings. The third-order valence-electron chi connectivity index (χ3n) is 5.00. The number of hydrogen-bond donors (Lipinski definition) is 1. The third-order valence-corrected chi connectivity index (χ3v) is 6.20. The highest BCUT2D eigenvalue weighted by Gasteiger charge is 2.30. The molecule has 5 heteroatoms. The maximum Gasteiger partial charge on any atom is 0.308 e. The maximum atomic E-state index is 12.8. The molecule has 1 amide bonds. The average molecular weight is 341 g/mol. The van der Waals surface area contributed by atoms with Crippen LogP contribution < -0.4 is 0 Å². The molecule has 4 nitrogen and oxygen atoms in total. The second-order valence-electron chi connectivity index (χ2n) is 6.55. The lowest BCUT2D eigenvalue weighted by Gasteiger charge is -2.30. The van der Waals surface area contributed by atoms with Crippen molar-refractivity contribution in [1.82, 2.24) is 4.90 Å². The van der Waals surface area contributed by atoms with E-state index in [0.717, 1.165) is 24.1 Å². The molecule has 1 fully saturated rings. The van der Waals surface area contributed by atoms with Crippen molar-refractivity contribution in [3.8, 4) is 10.4 Å². The molecule has 1 aromatic carbocycles. The van der Waals surface area contributed by atoms with Crippen LogP contribution in [0.4, 0.5) is 0 Å². The smallest absolute Gasteiger partial charge is 0.308 e. The molecule has 0 saturated carbocycles. The van der Waals surface area contributed by atoms with Gasteiger partial charge in [0.25, 0.3) is 5.91 Å². The molecule has 1 N–H and O–H groups in total. The Morgan fingerprint density at radius 3 is 2.79 bits per heavy atom. The van der Waals surface area contributed by atoms with Crippen molar-refractivity contribution in [2.45, 2.75) is 25.7 Å². The van der Waals surface area contributed by atoms with Crippen molar-refractivity contribution < 1.29 is 14.7 Å². The zero-order chi connectivity index (χ0) is 16.7. The molecular weight excluding hydrogens is 322 g/mol. The molecule has 1 saturated heterocycles. The molecule has 1 aliphatic carbocycles. The average Bonchev–Trinajstić information content (AvgIpc) is 3.06. The van der Waals surface area contributed by atoms with E-state index >= 15 is 0 Å². The molecule has 1 aromatic heterocycles. The third kappa shape index (κ3) is 2.63. The Bertz CT molecular complexity index is 811. The van der Waals surface area contributed by atoms with Crippen LogP contribution in [0.1, 0.15) is 33.6 Å². The Labute approximate surface area is 144 Å². The highest BCUT2D eigenvalue weighted by Crippen LogP contribution is 2.40. The summed E-state index contributed by atoms with van der Waals surface area (Å²) in [6, 6.07) is 10.4. The zero-order valence-electron chi connectivity index (χ0n) is 13.3. The standard InChI is InChI=1S/C19H19NO3S/c21-18(20-9-3-5-14(11-20)19(22)23)16-10-13-8-7-12-4-1-2-6-15(12)17(13)24-16/h1-2,4,6,10,14H,3,5,7-9,11H2,(H,22,23)/t14-/m0/s1. The summed E-state index contributed by atoms with van der Waals surface area (Å²) in [5, 5.41) is 9.21. The van der Waals surface area contributed by atoms with Gasteiger partial charge in [0, 0.05) is 18.0 Å². The highest BCUT2D eigenvalue weighted by atomic mass is 32.1. The summed E-state index contributed by atoms with van der Waals surface area (Å²) in [5.74, 6) is -1.25. The Kier molecular flexibility index (Phi) is 3.88. The molecule has 4 rings (SSSR count). The van der Waals surface area contributed by atoms with Gasteiger partial charge in [-0.1, -0.05) is 24.3 Å². The molecule has 1 aliphatic heterocycles. The van der Waals surface area contributed by atoms with Gasteiger partial charge in [-0.15, -0.1) is 11.3 Å². The van der Waals surface area contributed by atoms with E-state index in [2.05, 4.69) is 18.2 Å². The van der Waals surface area contributed by atoms with E-state index in [4.69, 9.17) is 0 Å².